The topological polar surface area (TPSA) is 162 Å². The Hall–Kier alpha value is -4.97. The Labute approximate surface area is 274 Å². The molecule has 2 aromatic heterocycles. The minimum atomic E-state index is -0.674. The summed E-state index contributed by atoms with van der Waals surface area (Å²) in [6.45, 7) is 5.55. The predicted octanol–water partition coefficient (Wildman–Crippen LogP) is 4.63. The fraction of sp³-hybridized carbons (Fsp3) is 0.400. The second-order valence-corrected chi connectivity index (χ2v) is 12.6. The van der Waals surface area contributed by atoms with Crippen molar-refractivity contribution < 1.29 is 19.1 Å². The van der Waals surface area contributed by atoms with E-state index in [1.54, 1.807) is 17.3 Å². The lowest BCUT2D eigenvalue weighted by atomic mass is 10.0. The van der Waals surface area contributed by atoms with Crippen molar-refractivity contribution in [2.24, 2.45) is 11.7 Å². The Balaban J connectivity index is 1.10. The maximum Gasteiger partial charge on any atom is 0.407 e. The Bertz CT molecular complexity index is 1710. The van der Waals surface area contributed by atoms with E-state index < -0.39 is 18.2 Å². The average molecular weight is 639 g/mol. The molecule has 4 heterocycles. The number of nitrogens with zero attached hydrogens (tertiary/aromatic N) is 4. The standard InChI is InChI=1S/C35H42N8O4/c1-21(2)31(41-35(46)47-3)34(45)43-17-5-7-29(43)32-38-19-28(40-32)25-14-10-23(11-15-25)22-8-12-24(13-9-22)27-18-37-30(39-27)20-42-16-4-6-26(36)33(42)44/h8-15,18-19,21,26,29,31H,4-7,16-17,20,36H2,1-3H3,(H,37,39)(H,38,40)(H,41,46)/t26-,29+,31+/m1/s1. The van der Waals surface area contributed by atoms with E-state index in [9.17, 15) is 14.4 Å². The van der Waals surface area contributed by atoms with Crippen molar-refractivity contribution in [3.05, 3.63) is 72.6 Å². The van der Waals surface area contributed by atoms with Crippen LogP contribution in [0, 0.1) is 5.92 Å². The zero-order valence-corrected chi connectivity index (χ0v) is 27.0. The second kappa shape index (κ2) is 13.8. The Kier molecular flexibility index (Phi) is 9.39. The fourth-order valence-electron chi connectivity index (χ4n) is 6.43. The predicted molar refractivity (Wildman–Crippen MR) is 178 cm³/mol. The highest BCUT2D eigenvalue weighted by molar-refractivity contribution is 5.86. The molecule has 3 atom stereocenters. The number of methoxy groups -OCH3 is 1. The number of hydrogen-bond acceptors (Lipinski definition) is 7. The summed E-state index contributed by atoms with van der Waals surface area (Å²) in [5.74, 6) is 1.24. The summed E-state index contributed by atoms with van der Waals surface area (Å²) < 4.78 is 4.74. The summed E-state index contributed by atoms with van der Waals surface area (Å²) in [7, 11) is 1.29. The molecule has 3 amide bonds. The number of ether oxygens (including phenoxy) is 1. The van der Waals surface area contributed by atoms with Crippen LogP contribution in [0.15, 0.2) is 60.9 Å². The number of H-pyrrole nitrogens is 2. The molecule has 0 radical (unpaired) electrons. The molecule has 2 fully saturated rings. The van der Waals surface area contributed by atoms with Crippen molar-refractivity contribution in [1.82, 2.24) is 35.1 Å². The number of aromatic nitrogens is 4. The molecule has 2 aliphatic rings. The van der Waals surface area contributed by atoms with Crippen molar-refractivity contribution >= 4 is 17.9 Å². The monoisotopic (exact) mass is 638 g/mol. The number of nitrogens with two attached hydrogens (primary N) is 1. The zero-order valence-electron chi connectivity index (χ0n) is 27.0. The van der Waals surface area contributed by atoms with E-state index in [2.05, 4.69) is 73.8 Å². The van der Waals surface area contributed by atoms with Crippen LogP contribution in [0.5, 0.6) is 0 Å². The van der Waals surface area contributed by atoms with Gasteiger partial charge in [0.05, 0.1) is 49.5 Å². The van der Waals surface area contributed by atoms with Gasteiger partial charge in [-0.15, -0.1) is 0 Å². The molecule has 0 unspecified atom stereocenters. The number of benzene rings is 2. The lowest BCUT2D eigenvalue weighted by molar-refractivity contribution is -0.136. The highest BCUT2D eigenvalue weighted by atomic mass is 16.5. The molecule has 2 aliphatic heterocycles. The number of hydrogen-bond donors (Lipinski definition) is 4. The van der Waals surface area contributed by atoms with Crippen LogP contribution in [-0.4, -0.2) is 79.9 Å². The molecule has 12 heteroatoms. The van der Waals surface area contributed by atoms with E-state index in [4.69, 9.17) is 10.5 Å². The summed E-state index contributed by atoms with van der Waals surface area (Å²) in [6.07, 6.45) is 6.29. The summed E-state index contributed by atoms with van der Waals surface area (Å²) in [4.78, 5) is 57.2. The smallest absolute Gasteiger partial charge is 0.407 e. The molecule has 2 saturated heterocycles. The highest BCUT2D eigenvalue weighted by Crippen LogP contribution is 2.33. The highest BCUT2D eigenvalue weighted by Gasteiger charge is 2.37. The maximum absolute atomic E-state index is 13.5. The van der Waals surface area contributed by atoms with E-state index in [0.717, 1.165) is 71.0 Å². The van der Waals surface area contributed by atoms with Crippen LogP contribution in [0.4, 0.5) is 4.79 Å². The van der Waals surface area contributed by atoms with Crippen LogP contribution in [0.3, 0.4) is 0 Å². The average Bonchev–Trinajstić information content (AvgIpc) is 3.87. The van der Waals surface area contributed by atoms with E-state index >= 15 is 0 Å². The van der Waals surface area contributed by atoms with Crippen LogP contribution in [-0.2, 0) is 20.9 Å². The van der Waals surface area contributed by atoms with E-state index in [-0.39, 0.29) is 23.8 Å². The summed E-state index contributed by atoms with van der Waals surface area (Å²) >= 11 is 0. The van der Waals surface area contributed by atoms with Gasteiger partial charge >= 0.3 is 6.09 Å². The van der Waals surface area contributed by atoms with Gasteiger partial charge in [-0.25, -0.2) is 14.8 Å². The fourth-order valence-corrected chi connectivity index (χ4v) is 6.43. The Morgan fingerprint density at radius 1 is 0.915 bits per heavy atom. The molecular formula is C35H42N8O4. The first-order valence-corrected chi connectivity index (χ1v) is 16.2. The first kappa shape index (κ1) is 32.0. The first-order chi connectivity index (χ1) is 22.7. The van der Waals surface area contributed by atoms with Crippen molar-refractivity contribution in [3.8, 4) is 33.6 Å². The van der Waals surface area contributed by atoms with Gasteiger partial charge in [-0.1, -0.05) is 62.4 Å². The summed E-state index contributed by atoms with van der Waals surface area (Å²) in [5.41, 5.74) is 11.9. The minimum Gasteiger partial charge on any atom is -0.453 e. The van der Waals surface area contributed by atoms with Crippen LogP contribution in [0.25, 0.3) is 33.6 Å². The second-order valence-electron chi connectivity index (χ2n) is 12.6. The number of alkyl carbamates (subject to hydrolysis) is 1. The van der Waals surface area contributed by atoms with Crippen LogP contribution < -0.4 is 11.1 Å². The summed E-state index contributed by atoms with van der Waals surface area (Å²) in [6, 6.07) is 15.3. The lowest BCUT2D eigenvalue weighted by Crippen LogP contribution is -2.51. The number of rotatable bonds is 9. The summed E-state index contributed by atoms with van der Waals surface area (Å²) in [5, 5.41) is 2.69. The number of imidazole rings is 2. The molecule has 4 aromatic rings. The Morgan fingerprint density at radius 3 is 2.15 bits per heavy atom. The van der Waals surface area contributed by atoms with Crippen molar-refractivity contribution in [2.45, 2.75) is 64.2 Å². The van der Waals surface area contributed by atoms with Crippen LogP contribution >= 0.6 is 0 Å². The van der Waals surface area contributed by atoms with Crippen LogP contribution in [0.2, 0.25) is 0 Å². The number of piperidine rings is 1. The van der Waals surface area contributed by atoms with Gasteiger partial charge in [0.1, 0.15) is 17.7 Å². The SMILES string of the molecule is COC(=O)N[C@H](C(=O)N1CCC[C@H]1c1ncc(-c2ccc(-c3ccc(-c4cnc(CN5CCC[C@@H](N)C5=O)[nH]4)cc3)cc2)[nH]1)C(C)C. The number of carbonyl (C=O) groups excluding carboxylic acids is 3. The number of aromatic amines is 2. The molecule has 6 rings (SSSR count). The molecule has 0 aliphatic carbocycles. The van der Waals surface area contributed by atoms with E-state index in [1.165, 1.54) is 7.11 Å². The number of likely N-dealkylation sites (tertiary alicyclic amines) is 2. The van der Waals surface area contributed by atoms with Gasteiger partial charge in [-0.2, -0.15) is 0 Å². The molecule has 0 saturated carbocycles. The largest absolute Gasteiger partial charge is 0.453 e. The minimum absolute atomic E-state index is 0.0175. The van der Waals surface area contributed by atoms with Crippen molar-refractivity contribution in [3.63, 3.8) is 0 Å². The van der Waals surface area contributed by atoms with Gasteiger partial charge in [0.25, 0.3) is 0 Å². The molecular weight excluding hydrogens is 596 g/mol. The Morgan fingerprint density at radius 2 is 1.51 bits per heavy atom. The zero-order chi connectivity index (χ0) is 33.1. The molecule has 246 valence electrons. The maximum atomic E-state index is 13.5. The molecule has 0 bridgehead atoms. The third kappa shape index (κ3) is 6.92. The first-order valence-electron chi connectivity index (χ1n) is 16.2. The molecule has 47 heavy (non-hydrogen) atoms. The third-order valence-electron chi connectivity index (χ3n) is 9.10. The molecule has 2 aromatic carbocycles. The quantitative estimate of drug-likeness (QED) is 0.208. The van der Waals surface area contributed by atoms with Crippen molar-refractivity contribution in [1.29, 1.82) is 0 Å². The van der Waals surface area contributed by atoms with Gasteiger partial charge in [0, 0.05) is 13.1 Å². The van der Waals surface area contributed by atoms with Gasteiger partial charge in [-0.05, 0) is 53.9 Å². The lowest BCUT2D eigenvalue weighted by Gasteiger charge is -2.30. The molecule has 12 nitrogen and oxygen atoms in total. The van der Waals surface area contributed by atoms with Gasteiger partial charge in [-0.3, -0.25) is 9.59 Å². The third-order valence-corrected chi connectivity index (χ3v) is 9.10. The van der Waals surface area contributed by atoms with E-state index in [0.29, 0.717) is 19.6 Å². The number of carbonyl (C=O) groups is 3. The van der Waals surface area contributed by atoms with Gasteiger partial charge in [0.2, 0.25) is 11.8 Å². The van der Waals surface area contributed by atoms with Crippen molar-refractivity contribution in [2.75, 3.05) is 20.2 Å². The van der Waals surface area contributed by atoms with Gasteiger partial charge in [0.15, 0.2) is 0 Å². The molecule has 5 N–H and O–H groups in total. The van der Waals surface area contributed by atoms with Crippen LogP contribution in [0.1, 0.15) is 57.2 Å². The number of amides is 3. The number of nitrogens with one attached hydrogen (secondary N) is 3. The molecule has 0 spiro atoms. The normalized spacial score (nSPS) is 18.9. The van der Waals surface area contributed by atoms with Gasteiger partial charge < -0.3 is 35.6 Å². The van der Waals surface area contributed by atoms with E-state index in [1.807, 2.05) is 18.7 Å².